The predicted molar refractivity (Wildman–Crippen MR) is 92.1 cm³/mol. The molecule has 1 aromatic rings. The smallest absolute Gasteiger partial charge is 0.414 e. The van der Waals surface area contributed by atoms with E-state index in [0.717, 1.165) is 6.42 Å². The van der Waals surface area contributed by atoms with Gasteiger partial charge in [-0.1, -0.05) is 20.3 Å². The number of ether oxygens (including phenoxy) is 1. The van der Waals surface area contributed by atoms with E-state index >= 15 is 0 Å². The number of rotatable bonds is 2. The van der Waals surface area contributed by atoms with Crippen molar-refractivity contribution in [3.63, 3.8) is 0 Å². The summed E-state index contributed by atoms with van der Waals surface area (Å²) in [6.07, 6.45) is 2.66. The van der Waals surface area contributed by atoms with Crippen molar-refractivity contribution in [1.29, 1.82) is 0 Å². The molecule has 1 aromatic heterocycles. The molecule has 0 aromatic carbocycles. The zero-order valence-electron chi connectivity index (χ0n) is 15.5. The van der Waals surface area contributed by atoms with Crippen LogP contribution in [0.15, 0.2) is 12.3 Å². The van der Waals surface area contributed by atoms with Crippen molar-refractivity contribution in [2.45, 2.75) is 70.8 Å². The summed E-state index contributed by atoms with van der Waals surface area (Å²) in [6.45, 7) is 9.62. The van der Waals surface area contributed by atoms with Gasteiger partial charge in [0.05, 0.1) is 11.4 Å². The number of anilines is 1. The lowest BCUT2D eigenvalue weighted by Gasteiger charge is -2.33. The molecule has 2 aliphatic rings. The Morgan fingerprint density at radius 1 is 1.32 bits per heavy atom. The summed E-state index contributed by atoms with van der Waals surface area (Å²) in [7, 11) is 0. The Morgan fingerprint density at radius 3 is 2.48 bits per heavy atom. The van der Waals surface area contributed by atoms with Crippen LogP contribution in [0.4, 0.5) is 19.3 Å². The lowest BCUT2D eigenvalue weighted by Crippen LogP contribution is -2.38. The quantitative estimate of drug-likeness (QED) is 0.752. The lowest BCUT2D eigenvalue weighted by molar-refractivity contribution is -0.0945. The van der Waals surface area contributed by atoms with Crippen molar-refractivity contribution in [2.24, 2.45) is 5.92 Å². The Morgan fingerprint density at radius 2 is 1.96 bits per heavy atom. The maximum Gasteiger partial charge on any atom is 0.414 e. The van der Waals surface area contributed by atoms with Gasteiger partial charge in [0.15, 0.2) is 0 Å². The third kappa shape index (κ3) is 3.23. The number of amides is 1. The molecule has 4 nitrogen and oxygen atoms in total. The summed E-state index contributed by atoms with van der Waals surface area (Å²) < 4.78 is 34.8. The Labute approximate surface area is 147 Å². The number of carbonyl (C=O) groups excluding carboxylic acids is 1. The third-order valence-corrected chi connectivity index (χ3v) is 4.97. The lowest BCUT2D eigenvalue weighted by atomic mass is 9.78. The van der Waals surface area contributed by atoms with Crippen LogP contribution >= 0.6 is 0 Å². The molecular weight excluding hydrogens is 326 g/mol. The summed E-state index contributed by atoms with van der Waals surface area (Å²) in [5.41, 5.74) is -0.0639. The highest BCUT2D eigenvalue weighted by molar-refractivity contribution is 5.91. The van der Waals surface area contributed by atoms with Gasteiger partial charge < -0.3 is 4.74 Å². The molecule has 1 fully saturated rings. The third-order valence-electron chi connectivity index (χ3n) is 4.97. The molecule has 0 unspecified atom stereocenters. The molecule has 1 amide bonds. The molecule has 138 valence electrons. The first-order chi connectivity index (χ1) is 11.4. The molecule has 0 bridgehead atoms. The first-order valence-corrected chi connectivity index (χ1v) is 8.81. The summed E-state index contributed by atoms with van der Waals surface area (Å²) in [5.74, 6) is -3.54. The standard InChI is InChI=1S/C19H26F2N2O2/c1-17(2,3)25-16(24)23-11-18(4,5)15-14(23)9-13(10-22-15)19(20,21)12-7-6-8-12/h9-10,12H,6-8,11H2,1-5H3. The number of halogens is 2. The fraction of sp³-hybridized carbons (Fsp3) is 0.684. The van der Waals surface area contributed by atoms with Crippen molar-refractivity contribution < 1.29 is 18.3 Å². The molecule has 2 heterocycles. The highest BCUT2D eigenvalue weighted by Gasteiger charge is 2.47. The molecule has 0 N–H and O–H groups in total. The van der Waals surface area contributed by atoms with Crippen LogP contribution in [0.25, 0.3) is 0 Å². The largest absolute Gasteiger partial charge is 0.443 e. The zero-order chi connectivity index (χ0) is 18.6. The molecule has 3 rings (SSSR count). The van der Waals surface area contributed by atoms with Crippen molar-refractivity contribution >= 4 is 11.8 Å². The Bertz CT molecular complexity index is 691. The van der Waals surface area contributed by atoms with E-state index in [4.69, 9.17) is 4.74 Å². The number of pyridine rings is 1. The summed E-state index contributed by atoms with van der Waals surface area (Å²) >= 11 is 0. The van der Waals surface area contributed by atoms with Gasteiger partial charge in [-0.05, 0) is 39.7 Å². The van der Waals surface area contributed by atoms with Crippen molar-refractivity contribution in [3.05, 3.63) is 23.5 Å². The summed E-state index contributed by atoms with van der Waals surface area (Å²) in [4.78, 5) is 18.3. The van der Waals surface area contributed by atoms with E-state index in [0.29, 0.717) is 30.8 Å². The minimum Gasteiger partial charge on any atom is -0.443 e. The molecule has 0 radical (unpaired) electrons. The number of carbonyl (C=O) groups is 1. The van der Waals surface area contributed by atoms with Crippen LogP contribution in [0.5, 0.6) is 0 Å². The molecule has 0 atom stereocenters. The number of aromatic nitrogens is 1. The molecule has 1 saturated carbocycles. The minimum atomic E-state index is -2.91. The molecule has 1 aliphatic carbocycles. The second-order valence-electron chi connectivity index (χ2n) is 8.79. The molecule has 0 spiro atoms. The van der Waals surface area contributed by atoms with Gasteiger partial charge in [0.2, 0.25) is 0 Å². The van der Waals surface area contributed by atoms with E-state index in [9.17, 15) is 13.6 Å². The average molecular weight is 352 g/mol. The Balaban J connectivity index is 1.97. The second-order valence-corrected chi connectivity index (χ2v) is 8.79. The van der Waals surface area contributed by atoms with Crippen LogP contribution < -0.4 is 4.90 Å². The van der Waals surface area contributed by atoms with Crippen LogP contribution in [-0.4, -0.2) is 23.2 Å². The summed E-state index contributed by atoms with van der Waals surface area (Å²) in [5, 5.41) is 0. The van der Waals surface area contributed by atoms with Crippen molar-refractivity contribution in [3.8, 4) is 0 Å². The number of hydrogen-bond acceptors (Lipinski definition) is 3. The van der Waals surface area contributed by atoms with Gasteiger partial charge in [0.25, 0.3) is 5.92 Å². The van der Waals surface area contributed by atoms with E-state index in [1.165, 1.54) is 17.2 Å². The van der Waals surface area contributed by atoms with Gasteiger partial charge >= 0.3 is 6.09 Å². The number of hydrogen-bond donors (Lipinski definition) is 0. The van der Waals surface area contributed by atoms with Gasteiger partial charge in [-0.25, -0.2) is 13.6 Å². The monoisotopic (exact) mass is 352 g/mol. The van der Waals surface area contributed by atoms with Gasteiger partial charge in [-0.3, -0.25) is 9.88 Å². The SMILES string of the molecule is CC(C)(C)OC(=O)N1CC(C)(C)c2ncc(C(F)(F)C3CCC3)cc21. The van der Waals surface area contributed by atoms with Crippen LogP contribution in [0.1, 0.15) is 65.1 Å². The van der Waals surface area contributed by atoms with E-state index in [2.05, 4.69) is 4.98 Å². The normalized spacial score (nSPS) is 20.2. The van der Waals surface area contributed by atoms with Gasteiger partial charge in [-0.15, -0.1) is 0 Å². The predicted octanol–water partition coefficient (Wildman–Crippen LogP) is 5.01. The number of nitrogens with zero attached hydrogens (tertiary/aromatic N) is 2. The fourth-order valence-corrected chi connectivity index (χ4v) is 3.40. The van der Waals surface area contributed by atoms with E-state index in [-0.39, 0.29) is 5.56 Å². The van der Waals surface area contributed by atoms with Crippen LogP contribution in [0.3, 0.4) is 0 Å². The fourth-order valence-electron chi connectivity index (χ4n) is 3.40. The average Bonchev–Trinajstić information content (AvgIpc) is 2.66. The van der Waals surface area contributed by atoms with Crippen molar-refractivity contribution in [1.82, 2.24) is 4.98 Å². The van der Waals surface area contributed by atoms with Crippen LogP contribution in [0.2, 0.25) is 0 Å². The molecule has 1 aliphatic heterocycles. The van der Waals surface area contributed by atoms with E-state index < -0.39 is 28.9 Å². The van der Waals surface area contributed by atoms with Gasteiger partial charge in [0, 0.05) is 29.6 Å². The number of fused-ring (bicyclic) bond motifs is 1. The van der Waals surface area contributed by atoms with Crippen LogP contribution in [0, 0.1) is 5.92 Å². The minimum absolute atomic E-state index is 0.109. The highest BCUT2D eigenvalue weighted by atomic mass is 19.3. The maximum atomic E-state index is 14.7. The number of alkyl halides is 2. The second kappa shape index (κ2) is 5.64. The molecule has 6 heteroatoms. The molecular formula is C19H26F2N2O2. The van der Waals surface area contributed by atoms with Crippen molar-refractivity contribution in [2.75, 3.05) is 11.4 Å². The Kier molecular flexibility index (Phi) is 4.08. The van der Waals surface area contributed by atoms with E-state index in [1.807, 2.05) is 13.8 Å². The topological polar surface area (TPSA) is 42.4 Å². The van der Waals surface area contributed by atoms with Gasteiger partial charge in [0.1, 0.15) is 5.60 Å². The summed E-state index contributed by atoms with van der Waals surface area (Å²) in [6, 6.07) is 1.43. The highest BCUT2D eigenvalue weighted by Crippen LogP contribution is 2.48. The Hall–Kier alpha value is -1.72. The molecule has 0 saturated heterocycles. The first-order valence-electron chi connectivity index (χ1n) is 8.81. The first kappa shape index (κ1) is 18.1. The van der Waals surface area contributed by atoms with E-state index in [1.54, 1.807) is 20.8 Å². The zero-order valence-corrected chi connectivity index (χ0v) is 15.5. The maximum absolute atomic E-state index is 14.7. The van der Waals surface area contributed by atoms with Gasteiger partial charge in [-0.2, -0.15) is 0 Å². The molecule has 25 heavy (non-hydrogen) atoms. The van der Waals surface area contributed by atoms with Crippen LogP contribution in [-0.2, 0) is 16.1 Å².